The molecule has 3 rings (SSSR count). The van der Waals surface area contributed by atoms with Crippen LogP contribution in [-0.2, 0) is 16.0 Å². The van der Waals surface area contributed by atoms with Crippen LogP contribution in [0.5, 0.6) is 5.75 Å². The van der Waals surface area contributed by atoms with E-state index in [1.54, 1.807) is 24.3 Å². The Hall–Kier alpha value is -1.67. The van der Waals surface area contributed by atoms with Crippen molar-refractivity contribution in [1.29, 1.82) is 0 Å². The lowest BCUT2D eigenvalue weighted by atomic mass is 10.1. The van der Waals surface area contributed by atoms with E-state index in [9.17, 15) is 9.90 Å². The summed E-state index contributed by atoms with van der Waals surface area (Å²) in [6.07, 6.45) is 2.03. The van der Waals surface area contributed by atoms with Gasteiger partial charge in [-0.3, -0.25) is 9.69 Å². The molecule has 0 aromatic heterocycles. The van der Waals surface area contributed by atoms with E-state index in [0.717, 1.165) is 25.1 Å². The van der Waals surface area contributed by atoms with Crippen LogP contribution in [0.15, 0.2) is 24.3 Å². The van der Waals surface area contributed by atoms with Crippen LogP contribution in [0.25, 0.3) is 0 Å². The monoisotopic (exact) mass is 349 g/mol. The topological polar surface area (TPSA) is 108 Å². The van der Waals surface area contributed by atoms with Gasteiger partial charge in [0.2, 0.25) is 5.91 Å². The highest BCUT2D eigenvalue weighted by molar-refractivity contribution is 5.82. The third-order valence-corrected chi connectivity index (χ3v) is 5.02. The number of carbonyl (C=O) groups is 1. The van der Waals surface area contributed by atoms with Gasteiger partial charge < -0.3 is 26.0 Å². The molecule has 0 saturated carbocycles. The molecular weight excluding hydrogens is 322 g/mol. The molecule has 0 bridgehead atoms. The molecule has 2 saturated heterocycles. The van der Waals surface area contributed by atoms with Gasteiger partial charge in [-0.1, -0.05) is 12.1 Å². The quantitative estimate of drug-likeness (QED) is 0.557. The molecule has 2 aliphatic heterocycles. The number of aliphatic hydroxyl groups excluding tert-OH is 1. The summed E-state index contributed by atoms with van der Waals surface area (Å²) in [5.74, 6) is 0.0526. The standard InChI is InChI=1S/C18H27N3O4/c19-17(7-12-1-3-15(23)4-2-12)18(24)20-13-8-14-11-25-16(5-6-22)10-21(14)9-13/h1-4,13-14,16-17,22-23H,5-11,19H2,(H,20,24)/t13-,14-,16-,17-/m0/s1. The van der Waals surface area contributed by atoms with Crippen LogP contribution in [0.4, 0.5) is 0 Å². The number of ether oxygens (including phenoxy) is 1. The predicted molar refractivity (Wildman–Crippen MR) is 93.1 cm³/mol. The number of carbonyl (C=O) groups excluding carboxylic acids is 1. The van der Waals surface area contributed by atoms with E-state index in [4.69, 9.17) is 15.6 Å². The number of phenolic OH excluding ortho intramolecular Hbond substituents is 1. The molecule has 1 aromatic rings. The number of aliphatic hydroxyl groups is 1. The number of benzene rings is 1. The molecule has 138 valence electrons. The van der Waals surface area contributed by atoms with Gasteiger partial charge >= 0.3 is 0 Å². The van der Waals surface area contributed by atoms with Crippen LogP contribution < -0.4 is 11.1 Å². The largest absolute Gasteiger partial charge is 0.508 e. The van der Waals surface area contributed by atoms with Gasteiger partial charge in [0.25, 0.3) is 0 Å². The summed E-state index contributed by atoms with van der Waals surface area (Å²) in [4.78, 5) is 14.7. The van der Waals surface area contributed by atoms with E-state index in [1.165, 1.54) is 0 Å². The summed E-state index contributed by atoms with van der Waals surface area (Å²) in [5, 5.41) is 21.4. The van der Waals surface area contributed by atoms with E-state index < -0.39 is 6.04 Å². The van der Waals surface area contributed by atoms with Crippen molar-refractivity contribution < 1.29 is 19.7 Å². The Morgan fingerprint density at radius 2 is 2.12 bits per heavy atom. The van der Waals surface area contributed by atoms with E-state index in [-0.39, 0.29) is 30.4 Å². The number of hydrogen-bond acceptors (Lipinski definition) is 6. The van der Waals surface area contributed by atoms with Crippen LogP contribution in [0.3, 0.4) is 0 Å². The molecule has 0 unspecified atom stereocenters. The maximum absolute atomic E-state index is 12.4. The Morgan fingerprint density at radius 1 is 1.36 bits per heavy atom. The van der Waals surface area contributed by atoms with Crippen LogP contribution in [0.1, 0.15) is 18.4 Å². The number of nitrogens with zero attached hydrogens (tertiary/aromatic N) is 1. The SMILES string of the molecule is N[C@@H](Cc1ccc(O)cc1)C(=O)N[C@H]1C[C@H]2CO[C@@H](CCO)CN2C1. The van der Waals surface area contributed by atoms with Crippen molar-refractivity contribution in [1.82, 2.24) is 10.2 Å². The summed E-state index contributed by atoms with van der Waals surface area (Å²) in [5.41, 5.74) is 6.95. The van der Waals surface area contributed by atoms with Gasteiger partial charge in [0.15, 0.2) is 0 Å². The Kier molecular flexibility index (Phi) is 5.90. The zero-order valence-electron chi connectivity index (χ0n) is 14.3. The minimum absolute atomic E-state index is 0.0763. The second-order valence-electron chi connectivity index (χ2n) is 6.99. The molecule has 0 spiro atoms. The molecule has 2 fully saturated rings. The van der Waals surface area contributed by atoms with Crippen LogP contribution in [0.2, 0.25) is 0 Å². The number of morpholine rings is 1. The molecule has 2 aliphatic rings. The second-order valence-corrected chi connectivity index (χ2v) is 6.99. The number of amides is 1. The molecule has 0 aliphatic carbocycles. The van der Waals surface area contributed by atoms with Gasteiger partial charge in [-0.15, -0.1) is 0 Å². The molecule has 0 radical (unpaired) electrons. The van der Waals surface area contributed by atoms with E-state index >= 15 is 0 Å². The van der Waals surface area contributed by atoms with E-state index in [1.807, 2.05) is 0 Å². The van der Waals surface area contributed by atoms with Gasteiger partial charge in [0.05, 0.1) is 18.8 Å². The average Bonchev–Trinajstić information content (AvgIpc) is 2.98. The zero-order chi connectivity index (χ0) is 17.8. The van der Waals surface area contributed by atoms with Crippen molar-refractivity contribution in [2.24, 2.45) is 5.73 Å². The highest BCUT2D eigenvalue weighted by atomic mass is 16.5. The van der Waals surface area contributed by atoms with Crippen molar-refractivity contribution in [2.75, 3.05) is 26.3 Å². The van der Waals surface area contributed by atoms with E-state index in [0.29, 0.717) is 25.5 Å². The molecule has 2 heterocycles. The number of nitrogens with two attached hydrogens (primary N) is 1. The highest BCUT2D eigenvalue weighted by Gasteiger charge is 2.38. The summed E-state index contributed by atoms with van der Waals surface area (Å²) < 4.78 is 5.76. The van der Waals surface area contributed by atoms with Crippen LogP contribution in [0, 0.1) is 0 Å². The van der Waals surface area contributed by atoms with Gasteiger partial charge in [-0.2, -0.15) is 0 Å². The van der Waals surface area contributed by atoms with Crippen molar-refractivity contribution in [3.05, 3.63) is 29.8 Å². The normalized spacial score (nSPS) is 27.7. The summed E-state index contributed by atoms with van der Waals surface area (Å²) in [6.45, 7) is 2.39. The molecule has 1 aromatic carbocycles. The number of nitrogens with one attached hydrogen (secondary N) is 1. The molecule has 5 N–H and O–H groups in total. The van der Waals surface area contributed by atoms with Gasteiger partial charge in [0, 0.05) is 31.8 Å². The van der Waals surface area contributed by atoms with Gasteiger partial charge in [-0.25, -0.2) is 0 Å². The molecular formula is C18H27N3O4. The first kappa shape index (κ1) is 18.1. The van der Waals surface area contributed by atoms with Crippen molar-refractivity contribution in [3.8, 4) is 5.75 Å². The Balaban J connectivity index is 1.47. The maximum Gasteiger partial charge on any atom is 0.237 e. The molecule has 25 heavy (non-hydrogen) atoms. The first-order chi connectivity index (χ1) is 12.0. The zero-order valence-corrected chi connectivity index (χ0v) is 14.3. The number of fused-ring (bicyclic) bond motifs is 1. The smallest absolute Gasteiger partial charge is 0.237 e. The van der Waals surface area contributed by atoms with Crippen molar-refractivity contribution >= 4 is 5.91 Å². The third kappa shape index (κ3) is 4.70. The fourth-order valence-corrected chi connectivity index (χ4v) is 3.65. The average molecular weight is 349 g/mol. The Bertz CT molecular complexity index is 580. The molecule has 7 nitrogen and oxygen atoms in total. The fraction of sp³-hybridized carbons (Fsp3) is 0.611. The predicted octanol–water partition coefficient (Wildman–Crippen LogP) is -0.398. The maximum atomic E-state index is 12.4. The Labute approximate surface area is 147 Å². The molecule has 7 heteroatoms. The minimum atomic E-state index is -0.611. The van der Waals surface area contributed by atoms with Gasteiger partial charge in [0.1, 0.15) is 5.75 Å². The van der Waals surface area contributed by atoms with E-state index in [2.05, 4.69) is 10.2 Å². The third-order valence-electron chi connectivity index (χ3n) is 5.02. The van der Waals surface area contributed by atoms with Crippen LogP contribution >= 0.6 is 0 Å². The number of rotatable bonds is 6. The lowest BCUT2D eigenvalue weighted by molar-refractivity contribution is -0.123. The first-order valence-corrected chi connectivity index (χ1v) is 8.85. The second kappa shape index (κ2) is 8.14. The van der Waals surface area contributed by atoms with Crippen LogP contribution in [-0.4, -0.2) is 71.6 Å². The summed E-state index contributed by atoms with van der Waals surface area (Å²) in [7, 11) is 0. The molecule has 1 amide bonds. The van der Waals surface area contributed by atoms with Crippen molar-refractivity contribution in [2.45, 2.75) is 43.5 Å². The summed E-state index contributed by atoms with van der Waals surface area (Å²) >= 11 is 0. The lowest BCUT2D eigenvalue weighted by Crippen LogP contribution is -2.48. The summed E-state index contributed by atoms with van der Waals surface area (Å²) in [6, 6.07) is 6.54. The highest BCUT2D eigenvalue weighted by Crippen LogP contribution is 2.24. The minimum Gasteiger partial charge on any atom is -0.508 e. The number of phenols is 1. The first-order valence-electron chi connectivity index (χ1n) is 8.85. The Morgan fingerprint density at radius 3 is 2.84 bits per heavy atom. The lowest BCUT2D eigenvalue weighted by Gasteiger charge is -2.34. The number of hydrogen-bond donors (Lipinski definition) is 4. The van der Waals surface area contributed by atoms with Gasteiger partial charge in [-0.05, 0) is 37.0 Å². The number of aromatic hydroxyl groups is 1. The van der Waals surface area contributed by atoms with Crippen molar-refractivity contribution in [3.63, 3.8) is 0 Å². The fourth-order valence-electron chi connectivity index (χ4n) is 3.65. The molecule has 4 atom stereocenters.